The van der Waals surface area contributed by atoms with Gasteiger partial charge in [-0.15, -0.1) is 0 Å². The Kier molecular flexibility index (Phi) is 4.44. The minimum Gasteiger partial charge on any atom is -0.384 e. The number of nitrogens with two attached hydrogens (primary N) is 1. The first kappa shape index (κ1) is 18.2. The van der Waals surface area contributed by atoms with Crippen LogP contribution in [0.3, 0.4) is 0 Å². The molecule has 0 radical (unpaired) electrons. The lowest BCUT2D eigenvalue weighted by molar-refractivity contribution is 0.0878. The fraction of sp³-hybridized carbons (Fsp3) is 0.0476. The standard InChI is InChI=1S/C21H16N4O4/c22-18-17-15(20(28)24-21(17)29)10-16(26)25(18)14-8-4-7-13(9-14)19(27)23-11-12-5-2-1-3-6-12/h1-10H,11,22H2,(H,23,27)(H,24,28,29). The summed E-state index contributed by atoms with van der Waals surface area (Å²) in [6.45, 7) is 0.354. The maximum atomic E-state index is 12.5. The van der Waals surface area contributed by atoms with Gasteiger partial charge in [0.15, 0.2) is 0 Å². The number of carbonyl (C=O) groups is 3. The van der Waals surface area contributed by atoms with Crippen LogP contribution in [0.1, 0.15) is 36.6 Å². The monoisotopic (exact) mass is 388 g/mol. The second-order valence-corrected chi connectivity index (χ2v) is 6.49. The third-order valence-corrected chi connectivity index (χ3v) is 4.62. The largest absolute Gasteiger partial charge is 0.384 e. The molecular formula is C21H16N4O4. The zero-order valence-electron chi connectivity index (χ0n) is 15.1. The molecule has 3 aromatic rings. The Labute approximate surface area is 165 Å². The quantitative estimate of drug-likeness (QED) is 0.580. The second kappa shape index (κ2) is 7.08. The van der Waals surface area contributed by atoms with Crippen LogP contribution < -0.4 is 21.9 Å². The molecule has 4 rings (SSSR count). The summed E-state index contributed by atoms with van der Waals surface area (Å²) in [4.78, 5) is 48.8. The minimum absolute atomic E-state index is 0.0477. The lowest BCUT2D eigenvalue weighted by atomic mass is 10.1. The highest BCUT2D eigenvalue weighted by atomic mass is 16.2. The van der Waals surface area contributed by atoms with Gasteiger partial charge in [0.2, 0.25) is 0 Å². The Morgan fingerprint density at radius 3 is 2.48 bits per heavy atom. The molecular weight excluding hydrogens is 372 g/mol. The molecule has 0 saturated carbocycles. The highest BCUT2D eigenvalue weighted by molar-refractivity contribution is 6.23. The molecule has 1 aromatic heterocycles. The number of fused-ring (bicyclic) bond motifs is 1. The van der Waals surface area contributed by atoms with Gasteiger partial charge in [0.1, 0.15) is 5.82 Å². The lowest BCUT2D eigenvalue weighted by Gasteiger charge is -2.13. The number of nitrogens with one attached hydrogen (secondary N) is 2. The first-order valence-corrected chi connectivity index (χ1v) is 8.79. The highest BCUT2D eigenvalue weighted by Gasteiger charge is 2.31. The van der Waals surface area contributed by atoms with Crippen LogP contribution in [0.25, 0.3) is 5.69 Å². The van der Waals surface area contributed by atoms with Crippen molar-refractivity contribution in [2.45, 2.75) is 6.54 Å². The molecule has 0 bridgehead atoms. The van der Waals surface area contributed by atoms with E-state index in [1.165, 1.54) is 6.07 Å². The third kappa shape index (κ3) is 3.27. The summed E-state index contributed by atoms with van der Waals surface area (Å²) in [5.41, 5.74) is 6.95. The average molecular weight is 388 g/mol. The number of pyridine rings is 1. The van der Waals surface area contributed by atoms with Gasteiger partial charge in [-0.25, -0.2) is 0 Å². The van der Waals surface area contributed by atoms with E-state index in [1.807, 2.05) is 30.3 Å². The molecule has 0 saturated heterocycles. The molecule has 144 valence electrons. The average Bonchev–Trinajstić information content (AvgIpc) is 3.00. The SMILES string of the molecule is Nc1c2c(cc(=O)n1-c1cccc(C(=O)NCc3ccccc3)c1)C(=O)NC2=O. The third-order valence-electron chi connectivity index (χ3n) is 4.62. The number of nitrogen functional groups attached to an aromatic ring is 1. The number of amides is 3. The molecule has 8 heteroatoms. The van der Waals surface area contributed by atoms with E-state index < -0.39 is 17.4 Å². The maximum Gasteiger partial charge on any atom is 0.262 e. The molecule has 29 heavy (non-hydrogen) atoms. The van der Waals surface area contributed by atoms with E-state index in [0.717, 1.165) is 16.2 Å². The summed E-state index contributed by atoms with van der Waals surface area (Å²) in [5.74, 6) is -1.79. The van der Waals surface area contributed by atoms with Crippen molar-refractivity contribution in [2.24, 2.45) is 0 Å². The van der Waals surface area contributed by atoms with Crippen LogP contribution in [-0.2, 0) is 6.54 Å². The number of hydrogen-bond acceptors (Lipinski definition) is 5. The number of hydrogen-bond donors (Lipinski definition) is 3. The number of rotatable bonds is 4. The molecule has 1 aliphatic heterocycles. The van der Waals surface area contributed by atoms with Crippen molar-refractivity contribution in [1.82, 2.24) is 15.2 Å². The smallest absolute Gasteiger partial charge is 0.262 e. The molecule has 4 N–H and O–H groups in total. The van der Waals surface area contributed by atoms with Gasteiger partial charge in [0.05, 0.1) is 16.8 Å². The molecule has 0 aliphatic carbocycles. The zero-order valence-corrected chi connectivity index (χ0v) is 15.1. The van der Waals surface area contributed by atoms with E-state index in [9.17, 15) is 19.2 Å². The normalized spacial score (nSPS) is 12.4. The van der Waals surface area contributed by atoms with Crippen LogP contribution in [0, 0.1) is 0 Å². The van der Waals surface area contributed by atoms with Crippen molar-refractivity contribution in [2.75, 3.05) is 5.73 Å². The van der Waals surface area contributed by atoms with Gasteiger partial charge in [0.25, 0.3) is 23.3 Å². The van der Waals surface area contributed by atoms with Gasteiger partial charge in [0, 0.05) is 18.2 Å². The Balaban J connectivity index is 1.67. The summed E-state index contributed by atoms with van der Waals surface area (Å²) >= 11 is 0. The minimum atomic E-state index is -0.659. The van der Waals surface area contributed by atoms with Crippen molar-refractivity contribution in [3.8, 4) is 5.69 Å². The van der Waals surface area contributed by atoms with Gasteiger partial charge in [-0.2, -0.15) is 0 Å². The van der Waals surface area contributed by atoms with Gasteiger partial charge in [-0.05, 0) is 23.8 Å². The first-order valence-electron chi connectivity index (χ1n) is 8.79. The fourth-order valence-electron chi connectivity index (χ4n) is 3.21. The van der Waals surface area contributed by atoms with Crippen molar-refractivity contribution < 1.29 is 14.4 Å². The second-order valence-electron chi connectivity index (χ2n) is 6.49. The first-order chi connectivity index (χ1) is 14.0. The van der Waals surface area contributed by atoms with Gasteiger partial charge in [-0.1, -0.05) is 36.4 Å². The summed E-state index contributed by atoms with van der Waals surface area (Å²) in [7, 11) is 0. The van der Waals surface area contributed by atoms with E-state index in [0.29, 0.717) is 17.8 Å². The number of benzene rings is 2. The number of anilines is 1. The van der Waals surface area contributed by atoms with E-state index in [1.54, 1.807) is 18.2 Å². The maximum absolute atomic E-state index is 12.5. The topological polar surface area (TPSA) is 123 Å². The van der Waals surface area contributed by atoms with Crippen molar-refractivity contribution in [3.05, 3.63) is 93.3 Å². The van der Waals surface area contributed by atoms with Crippen molar-refractivity contribution in [1.29, 1.82) is 0 Å². The Bertz CT molecular complexity index is 1220. The number of aromatic nitrogens is 1. The molecule has 0 fully saturated rings. The zero-order chi connectivity index (χ0) is 20.5. The molecule has 0 spiro atoms. The predicted octanol–water partition coefficient (Wildman–Crippen LogP) is 1.23. The Hall–Kier alpha value is -4.20. The van der Waals surface area contributed by atoms with Crippen LogP contribution in [0.15, 0.2) is 65.5 Å². The molecule has 1 aliphatic rings. The van der Waals surface area contributed by atoms with Crippen LogP contribution >= 0.6 is 0 Å². The van der Waals surface area contributed by atoms with Crippen molar-refractivity contribution >= 4 is 23.5 Å². The van der Waals surface area contributed by atoms with Gasteiger partial charge >= 0.3 is 0 Å². The van der Waals surface area contributed by atoms with E-state index in [2.05, 4.69) is 10.6 Å². The van der Waals surface area contributed by atoms with Crippen LogP contribution in [0.2, 0.25) is 0 Å². The molecule has 0 unspecified atom stereocenters. The number of imide groups is 1. The van der Waals surface area contributed by atoms with Crippen LogP contribution in [0.5, 0.6) is 0 Å². The summed E-state index contributed by atoms with van der Waals surface area (Å²) in [6.07, 6.45) is 0. The summed E-state index contributed by atoms with van der Waals surface area (Å²) in [5, 5.41) is 4.93. The van der Waals surface area contributed by atoms with E-state index in [4.69, 9.17) is 5.73 Å². The number of carbonyl (C=O) groups excluding carboxylic acids is 3. The van der Waals surface area contributed by atoms with Gasteiger partial charge < -0.3 is 11.1 Å². The van der Waals surface area contributed by atoms with Crippen LogP contribution in [-0.4, -0.2) is 22.3 Å². The fourth-order valence-corrected chi connectivity index (χ4v) is 3.21. The molecule has 2 aromatic carbocycles. The summed E-state index contributed by atoms with van der Waals surface area (Å²) < 4.78 is 1.10. The molecule has 3 amide bonds. The van der Waals surface area contributed by atoms with E-state index in [-0.39, 0.29) is 22.9 Å². The Morgan fingerprint density at radius 1 is 0.966 bits per heavy atom. The van der Waals surface area contributed by atoms with Crippen LogP contribution in [0.4, 0.5) is 5.82 Å². The lowest BCUT2D eigenvalue weighted by Crippen LogP contribution is -2.25. The molecule has 0 atom stereocenters. The van der Waals surface area contributed by atoms with Gasteiger partial charge in [-0.3, -0.25) is 29.1 Å². The Morgan fingerprint density at radius 2 is 1.72 bits per heavy atom. The molecule has 2 heterocycles. The molecule has 8 nitrogen and oxygen atoms in total. The predicted molar refractivity (Wildman–Crippen MR) is 106 cm³/mol. The van der Waals surface area contributed by atoms with E-state index >= 15 is 0 Å². The van der Waals surface area contributed by atoms with Crippen molar-refractivity contribution in [3.63, 3.8) is 0 Å². The summed E-state index contributed by atoms with van der Waals surface area (Å²) in [6, 6.07) is 16.8. The highest BCUT2D eigenvalue weighted by Crippen LogP contribution is 2.23. The number of nitrogens with zero attached hydrogens (tertiary/aromatic N) is 1.